The molecule has 0 aliphatic carbocycles. The van der Waals surface area contributed by atoms with Crippen LogP contribution in [0, 0.1) is 12.8 Å². The first kappa shape index (κ1) is 31.4. The lowest BCUT2D eigenvalue weighted by Crippen LogP contribution is -2.55. The number of rotatable bonds is 15. The molecule has 0 saturated carbocycles. The van der Waals surface area contributed by atoms with Crippen LogP contribution in [0.3, 0.4) is 0 Å². The van der Waals surface area contributed by atoms with Crippen molar-refractivity contribution in [2.24, 2.45) is 17.4 Å². The molecule has 0 saturated heterocycles. The zero-order valence-electron chi connectivity index (χ0n) is 22.6. The van der Waals surface area contributed by atoms with Crippen LogP contribution in [0.2, 0.25) is 0 Å². The summed E-state index contributed by atoms with van der Waals surface area (Å²) in [6, 6.07) is 1.48. The largest absolute Gasteiger partial charge is 0.481 e. The fourth-order valence-corrected chi connectivity index (χ4v) is 4.07. The van der Waals surface area contributed by atoms with Gasteiger partial charge in [0.05, 0.1) is 12.1 Å². The molecule has 1 aromatic carbocycles. The minimum absolute atomic E-state index is 0.0176. The van der Waals surface area contributed by atoms with Gasteiger partial charge in [-0.25, -0.2) is 4.79 Å². The molecule has 9 N–H and O–H groups in total. The van der Waals surface area contributed by atoms with Crippen LogP contribution in [-0.2, 0) is 14.4 Å². The van der Waals surface area contributed by atoms with E-state index in [4.69, 9.17) is 26.7 Å². The molecule has 1 heterocycles. The van der Waals surface area contributed by atoms with E-state index in [0.717, 1.165) is 0 Å². The lowest BCUT2D eigenvalue weighted by molar-refractivity contribution is -0.138. The van der Waals surface area contributed by atoms with Crippen molar-refractivity contribution in [3.05, 3.63) is 39.7 Å². The maximum absolute atomic E-state index is 13.5. The molecule has 0 bridgehead atoms. The number of carbonyl (C=O) groups excluding carboxylic acids is 3. The summed E-state index contributed by atoms with van der Waals surface area (Å²) in [6.07, 6.45) is 1.44. The molecular weight excluding hydrogens is 506 g/mol. The summed E-state index contributed by atoms with van der Waals surface area (Å²) in [6.45, 7) is 5.73. The van der Waals surface area contributed by atoms with Crippen LogP contribution in [0.1, 0.15) is 68.3 Å². The minimum Gasteiger partial charge on any atom is -0.481 e. The van der Waals surface area contributed by atoms with Crippen LogP contribution in [-0.4, -0.2) is 53.3 Å². The van der Waals surface area contributed by atoms with Gasteiger partial charge in [0.15, 0.2) is 5.78 Å². The predicted octanol–water partition coefficient (Wildman–Crippen LogP) is 1.20. The van der Waals surface area contributed by atoms with E-state index in [1.165, 1.54) is 6.07 Å². The average molecular weight is 546 g/mol. The van der Waals surface area contributed by atoms with Crippen molar-refractivity contribution >= 4 is 40.2 Å². The van der Waals surface area contributed by atoms with Gasteiger partial charge >= 0.3 is 11.6 Å². The van der Waals surface area contributed by atoms with Crippen molar-refractivity contribution in [3.8, 4) is 0 Å². The van der Waals surface area contributed by atoms with Gasteiger partial charge in [0.25, 0.3) is 0 Å². The van der Waals surface area contributed by atoms with Gasteiger partial charge in [0.2, 0.25) is 11.8 Å². The number of hydrogen-bond acceptors (Lipinski definition) is 9. The molecule has 0 aliphatic rings. The normalized spacial score (nSPS) is 14.3. The molecule has 1 aromatic heterocycles. The molecule has 0 spiro atoms. The number of unbranched alkanes of at least 4 members (excludes halogenated alkanes) is 1. The van der Waals surface area contributed by atoms with Gasteiger partial charge in [0.1, 0.15) is 17.3 Å². The Morgan fingerprint density at radius 2 is 1.72 bits per heavy atom. The first-order valence-corrected chi connectivity index (χ1v) is 13.1. The van der Waals surface area contributed by atoms with Gasteiger partial charge < -0.3 is 37.4 Å². The maximum Gasteiger partial charge on any atom is 0.359 e. The molecular formula is C27H39N5O7. The monoisotopic (exact) mass is 545 g/mol. The number of fused-ring (bicyclic) bond motifs is 1. The molecule has 39 heavy (non-hydrogen) atoms. The highest BCUT2D eigenvalue weighted by Crippen LogP contribution is 2.23. The van der Waals surface area contributed by atoms with Gasteiger partial charge in [0, 0.05) is 17.4 Å². The van der Waals surface area contributed by atoms with Crippen molar-refractivity contribution in [2.45, 2.75) is 77.4 Å². The van der Waals surface area contributed by atoms with E-state index in [2.05, 4.69) is 10.6 Å². The first-order valence-electron chi connectivity index (χ1n) is 13.1. The second-order valence-corrected chi connectivity index (χ2v) is 9.75. The number of hydrogen-bond donors (Lipinski definition) is 6. The summed E-state index contributed by atoms with van der Waals surface area (Å²) in [4.78, 5) is 62.7. The van der Waals surface area contributed by atoms with Crippen molar-refractivity contribution in [1.29, 1.82) is 0 Å². The standard InChI is InChI=1S/C27H39N5O7/c1-4-14(2)22(29)26(37)32-19(10-11-21(33)34)25(36)31-18(7-5-6-12-28)24(35)16-8-9-17-15(3)23(30)27(38)39-20(17)13-16/h8-9,13-14,18-19,22H,4-7,10-12,28-30H2,1-3H3,(H,31,36)(H,32,37)(H,33,34)/t14-,18-,19-,22-/m0/s1. The number of amides is 2. The van der Waals surface area contributed by atoms with E-state index in [1.807, 2.05) is 6.92 Å². The Kier molecular flexibility index (Phi) is 11.6. The highest BCUT2D eigenvalue weighted by Gasteiger charge is 2.30. The zero-order valence-corrected chi connectivity index (χ0v) is 22.6. The number of aryl methyl sites for hydroxylation is 1. The maximum atomic E-state index is 13.5. The van der Waals surface area contributed by atoms with Gasteiger partial charge in [-0.05, 0) is 56.7 Å². The fourth-order valence-electron chi connectivity index (χ4n) is 4.07. The fraction of sp³-hybridized carbons (Fsp3) is 0.519. The summed E-state index contributed by atoms with van der Waals surface area (Å²) in [5.41, 5.74) is 17.5. The Labute approximate surface area is 226 Å². The third-order valence-electron chi connectivity index (χ3n) is 6.92. The SMILES string of the molecule is CC[C@H](C)[C@H](N)C(=O)N[C@@H](CCC(=O)O)C(=O)N[C@@H](CCCCN)C(=O)c1ccc2c(C)c(N)c(=O)oc2c1. The highest BCUT2D eigenvalue weighted by molar-refractivity contribution is 6.04. The van der Waals surface area contributed by atoms with Gasteiger partial charge in [-0.1, -0.05) is 32.4 Å². The Bertz CT molecular complexity index is 1260. The van der Waals surface area contributed by atoms with E-state index >= 15 is 0 Å². The van der Waals surface area contributed by atoms with E-state index < -0.39 is 47.3 Å². The molecule has 2 rings (SSSR count). The van der Waals surface area contributed by atoms with E-state index in [0.29, 0.717) is 36.8 Å². The summed E-state index contributed by atoms with van der Waals surface area (Å²) in [5.74, 6) is -3.04. The number of nitrogen functional groups attached to an aromatic ring is 1. The Hall–Kier alpha value is -3.77. The van der Waals surface area contributed by atoms with Crippen molar-refractivity contribution in [1.82, 2.24) is 10.6 Å². The number of nitrogens with two attached hydrogens (primary N) is 3. The predicted molar refractivity (Wildman–Crippen MR) is 147 cm³/mol. The zero-order chi connectivity index (χ0) is 29.3. The van der Waals surface area contributed by atoms with Crippen LogP contribution in [0.5, 0.6) is 0 Å². The summed E-state index contributed by atoms with van der Waals surface area (Å²) >= 11 is 0. The third-order valence-corrected chi connectivity index (χ3v) is 6.92. The topological polar surface area (TPSA) is 221 Å². The lowest BCUT2D eigenvalue weighted by atomic mass is 9.96. The molecule has 214 valence electrons. The van der Waals surface area contributed by atoms with Crippen LogP contribution < -0.4 is 33.5 Å². The average Bonchev–Trinajstić information content (AvgIpc) is 2.91. The van der Waals surface area contributed by atoms with E-state index in [-0.39, 0.29) is 42.0 Å². The lowest BCUT2D eigenvalue weighted by Gasteiger charge is -2.25. The molecule has 0 radical (unpaired) electrons. The van der Waals surface area contributed by atoms with E-state index in [9.17, 15) is 24.0 Å². The Balaban J connectivity index is 2.34. The number of anilines is 1. The minimum atomic E-state index is -1.21. The Morgan fingerprint density at radius 1 is 1.05 bits per heavy atom. The molecule has 12 heteroatoms. The van der Waals surface area contributed by atoms with Crippen LogP contribution >= 0.6 is 0 Å². The molecule has 0 aliphatic heterocycles. The van der Waals surface area contributed by atoms with Crippen LogP contribution in [0.4, 0.5) is 5.69 Å². The molecule has 0 unspecified atom stereocenters. The number of benzene rings is 1. The summed E-state index contributed by atoms with van der Waals surface area (Å²) in [7, 11) is 0. The van der Waals surface area contributed by atoms with Crippen molar-refractivity contribution in [3.63, 3.8) is 0 Å². The highest BCUT2D eigenvalue weighted by atomic mass is 16.4. The quantitative estimate of drug-likeness (QED) is 0.107. The number of nitrogens with one attached hydrogen (secondary N) is 2. The number of carboxylic acid groups (broad SMARTS) is 1. The number of Topliss-reactive ketones (excluding diaryl/α,β-unsaturated/α-hetero) is 1. The summed E-state index contributed by atoms with van der Waals surface area (Å²) < 4.78 is 5.26. The number of carbonyl (C=O) groups is 4. The van der Waals surface area contributed by atoms with Crippen molar-refractivity contribution < 1.29 is 28.7 Å². The summed E-state index contributed by atoms with van der Waals surface area (Å²) in [5, 5.41) is 14.9. The Morgan fingerprint density at radius 3 is 2.33 bits per heavy atom. The number of aliphatic carboxylic acids is 1. The van der Waals surface area contributed by atoms with Crippen LogP contribution in [0.25, 0.3) is 11.0 Å². The second kappa shape index (κ2) is 14.4. The number of carboxylic acids is 1. The molecule has 2 aromatic rings. The van der Waals surface area contributed by atoms with Crippen LogP contribution in [0.15, 0.2) is 27.4 Å². The number of ketones is 1. The molecule has 12 nitrogen and oxygen atoms in total. The molecule has 0 fully saturated rings. The first-order chi connectivity index (χ1) is 18.4. The third kappa shape index (κ3) is 8.36. The van der Waals surface area contributed by atoms with Gasteiger partial charge in [-0.2, -0.15) is 0 Å². The van der Waals surface area contributed by atoms with E-state index in [1.54, 1.807) is 26.0 Å². The second-order valence-electron chi connectivity index (χ2n) is 9.75. The molecule has 2 amide bonds. The van der Waals surface area contributed by atoms with Gasteiger partial charge in [-0.3, -0.25) is 19.2 Å². The van der Waals surface area contributed by atoms with Crippen molar-refractivity contribution in [2.75, 3.05) is 12.3 Å². The van der Waals surface area contributed by atoms with Gasteiger partial charge in [-0.15, -0.1) is 0 Å². The smallest absolute Gasteiger partial charge is 0.359 e. The molecule has 4 atom stereocenters.